The number of hydrogen-bond acceptors (Lipinski definition) is 3. The highest BCUT2D eigenvalue weighted by molar-refractivity contribution is 7.89. The molecular formula is C16H13ClN2O3S. The quantitative estimate of drug-likeness (QED) is 0.837. The van der Waals surface area contributed by atoms with Crippen molar-refractivity contribution < 1.29 is 13.2 Å². The Morgan fingerprint density at radius 2 is 1.83 bits per heavy atom. The molecule has 1 heterocycles. The van der Waals surface area contributed by atoms with E-state index >= 15 is 0 Å². The van der Waals surface area contributed by atoms with E-state index < -0.39 is 10.0 Å². The third kappa shape index (κ3) is 3.01. The number of halogens is 1. The van der Waals surface area contributed by atoms with Gasteiger partial charge in [0.05, 0.1) is 4.90 Å². The molecule has 2 aromatic carbocycles. The smallest absolute Gasteiger partial charge is 0.256 e. The molecule has 0 bridgehead atoms. The van der Waals surface area contributed by atoms with Gasteiger partial charge in [0.2, 0.25) is 10.0 Å². The molecule has 118 valence electrons. The van der Waals surface area contributed by atoms with E-state index in [1.54, 1.807) is 36.4 Å². The van der Waals surface area contributed by atoms with Crippen molar-refractivity contribution >= 4 is 44.9 Å². The molecule has 0 saturated heterocycles. The Bertz CT molecular complexity index is 919. The third-order valence-corrected chi connectivity index (χ3v) is 5.20. The van der Waals surface area contributed by atoms with Crippen LogP contribution >= 0.6 is 11.6 Å². The minimum absolute atomic E-state index is 0.109. The van der Waals surface area contributed by atoms with E-state index in [0.717, 1.165) is 5.56 Å². The number of carbonyl (C=O) groups is 1. The molecule has 5 nitrogen and oxygen atoms in total. The van der Waals surface area contributed by atoms with E-state index in [-0.39, 0.29) is 10.8 Å². The Morgan fingerprint density at radius 1 is 1.13 bits per heavy atom. The molecule has 0 saturated carbocycles. The van der Waals surface area contributed by atoms with Crippen LogP contribution in [0.25, 0.3) is 11.6 Å². The highest BCUT2D eigenvalue weighted by Gasteiger charge is 2.26. The summed E-state index contributed by atoms with van der Waals surface area (Å²) >= 11 is 5.85. The fourth-order valence-electron chi connectivity index (χ4n) is 2.32. The lowest BCUT2D eigenvalue weighted by Crippen LogP contribution is -2.18. The van der Waals surface area contributed by atoms with Gasteiger partial charge in [-0.15, -0.1) is 0 Å². The summed E-state index contributed by atoms with van der Waals surface area (Å²) < 4.78 is 26.1. The van der Waals surface area contributed by atoms with Crippen LogP contribution in [0.5, 0.6) is 0 Å². The number of hydrogen-bond donors (Lipinski definition) is 2. The highest BCUT2D eigenvalue weighted by atomic mass is 35.5. The van der Waals surface area contributed by atoms with E-state index in [4.69, 9.17) is 11.6 Å². The van der Waals surface area contributed by atoms with Crippen molar-refractivity contribution in [2.75, 3.05) is 12.4 Å². The summed E-state index contributed by atoms with van der Waals surface area (Å²) in [5, 5.41) is 3.33. The molecule has 3 rings (SSSR count). The molecule has 0 spiro atoms. The van der Waals surface area contributed by atoms with Crippen molar-refractivity contribution in [1.29, 1.82) is 0 Å². The zero-order valence-corrected chi connectivity index (χ0v) is 13.7. The molecule has 23 heavy (non-hydrogen) atoms. The van der Waals surface area contributed by atoms with Gasteiger partial charge < -0.3 is 5.32 Å². The van der Waals surface area contributed by atoms with Crippen LogP contribution in [0.15, 0.2) is 47.4 Å². The average molecular weight is 349 g/mol. The normalized spacial score (nSPS) is 15.6. The molecule has 2 N–H and O–H groups in total. The van der Waals surface area contributed by atoms with Crippen molar-refractivity contribution in [1.82, 2.24) is 4.72 Å². The molecule has 0 aliphatic carbocycles. The van der Waals surface area contributed by atoms with Gasteiger partial charge in [0.1, 0.15) is 0 Å². The Hall–Kier alpha value is -2.15. The van der Waals surface area contributed by atoms with Crippen LogP contribution in [0.3, 0.4) is 0 Å². The summed E-state index contributed by atoms with van der Waals surface area (Å²) in [4.78, 5) is 12.3. The highest BCUT2D eigenvalue weighted by Crippen LogP contribution is 2.34. The van der Waals surface area contributed by atoms with E-state index in [1.165, 1.54) is 19.2 Å². The molecule has 2 aromatic rings. The van der Waals surface area contributed by atoms with E-state index in [9.17, 15) is 13.2 Å². The van der Waals surface area contributed by atoms with Crippen LogP contribution in [-0.2, 0) is 14.8 Å². The molecule has 0 unspecified atom stereocenters. The number of sulfonamides is 1. The van der Waals surface area contributed by atoms with E-state index in [2.05, 4.69) is 10.0 Å². The maximum atomic E-state index is 12.2. The molecule has 7 heteroatoms. The van der Waals surface area contributed by atoms with Crippen LogP contribution in [0, 0.1) is 0 Å². The number of anilines is 1. The van der Waals surface area contributed by atoms with Gasteiger partial charge in [-0.1, -0.05) is 23.7 Å². The molecular weight excluding hydrogens is 336 g/mol. The average Bonchev–Trinajstić information content (AvgIpc) is 2.84. The summed E-state index contributed by atoms with van der Waals surface area (Å²) in [6.45, 7) is 0. The first kappa shape index (κ1) is 15.7. The predicted molar refractivity (Wildman–Crippen MR) is 90.6 cm³/mol. The molecule has 1 aliphatic heterocycles. The van der Waals surface area contributed by atoms with Gasteiger partial charge in [-0.2, -0.15) is 0 Å². The van der Waals surface area contributed by atoms with Crippen molar-refractivity contribution in [2.24, 2.45) is 0 Å². The SMILES string of the molecule is CNS(=O)(=O)c1ccc2c(c1)C(=Cc1ccc(Cl)cc1)C(=O)N2. The van der Waals surface area contributed by atoms with Gasteiger partial charge in [-0.05, 0) is 49.0 Å². The summed E-state index contributed by atoms with van der Waals surface area (Å²) in [5.74, 6) is -0.269. The van der Waals surface area contributed by atoms with Crippen molar-refractivity contribution in [3.05, 3.63) is 58.6 Å². The van der Waals surface area contributed by atoms with Crippen molar-refractivity contribution in [3.63, 3.8) is 0 Å². The van der Waals surface area contributed by atoms with Gasteiger partial charge in [0.25, 0.3) is 5.91 Å². The van der Waals surface area contributed by atoms with Crippen LogP contribution < -0.4 is 10.0 Å². The minimum Gasteiger partial charge on any atom is -0.321 e. The topological polar surface area (TPSA) is 75.3 Å². The Morgan fingerprint density at radius 3 is 2.48 bits per heavy atom. The molecule has 1 amide bonds. The monoisotopic (exact) mass is 348 g/mol. The van der Waals surface area contributed by atoms with E-state index in [1.807, 2.05) is 0 Å². The fraction of sp³-hybridized carbons (Fsp3) is 0.0625. The second-order valence-electron chi connectivity index (χ2n) is 4.98. The number of amides is 1. The maximum Gasteiger partial charge on any atom is 0.256 e. The minimum atomic E-state index is -3.57. The van der Waals surface area contributed by atoms with Gasteiger partial charge >= 0.3 is 0 Å². The number of benzene rings is 2. The lowest BCUT2D eigenvalue weighted by atomic mass is 10.0. The number of fused-ring (bicyclic) bond motifs is 1. The molecule has 0 atom stereocenters. The van der Waals surface area contributed by atoms with Crippen molar-refractivity contribution in [3.8, 4) is 0 Å². The Labute approximate surface area is 139 Å². The molecule has 0 aromatic heterocycles. The summed E-state index contributed by atoms with van der Waals surface area (Å²) in [5.41, 5.74) is 2.36. The summed E-state index contributed by atoms with van der Waals surface area (Å²) in [6, 6.07) is 11.5. The first-order valence-corrected chi connectivity index (χ1v) is 8.63. The standard InChI is InChI=1S/C16H13ClN2O3S/c1-18-23(21,22)12-6-7-15-13(9-12)14(16(20)19-15)8-10-2-4-11(17)5-3-10/h2-9,18H,1H3,(H,19,20). The van der Waals surface area contributed by atoms with Gasteiger partial charge in [-0.3, -0.25) is 4.79 Å². The molecule has 1 aliphatic rings. The zero-order chi connectivity index (χ0) is 16.6. The van der Waals surface area contributed by atoms with Crippen molar-refractivity contribution in [2.45, 2.75) is 4.90 Å². The second-order valence-corrected chi connectivity index (χ2v) is 7.30. The van der Waals surface area contributed by atoms with Crippen LogP contribution in [0.1, 0.15) is 11.1 Å². The van der Waals surface area contributed by atoms with Gasteiger partial charge in [-0.25, -0.2) is 13.1 Å². The first-order valence-electron chi connectivity index (χ1n) is 6.77. The van der Waals surface area contributed by atoms with Crippen LogP contribution in [-0.4, -0.2) is 21.4 Å². The number of nitrogens with one attached hydrogen (secondary N) is 2. The van der Waals surface area contributed by atoms with Crippen LogP contribution in [0.2, 0.25) is 5.02 Å². The third-order valence-electron chi connectivity index (χ3n) is 3.53. The summed E-state index contributed by atoms with van der Waals surface area (Å²) in [7, 11) is -2.23. The number of rotatable bonds is 3. The van der Waals surface area contributed by atoms with Crippen LogP contribution in [0.4, 0.5) is 5.69 Å². The lowest BCUT2D eigenvalue weighted by molar-refractivity contribution is -0.110. The largest absolute Gasteiger partial charge is 0.321 e. The van der Waals surface area contributed by atoms with Gasteiger partial charge in [0, 0.05) is 21.8 Å². The second kappa shape index (κ2) is 5.81. The summed E-state index contributed by atoms with van der Waals surface area (Å²) in [6.07, 6.45) is 1.70. The molecule has 0 fully saturated rings. The zero-order valence-electron chi connectivity index (χ0n) is 12.1. The van der Waals surface area contributed by atoms with E-state index in [0.29, 0.717) is 21.8 Å². The Balaban J connectivity index is 2.10. The molecule has 0 radical (unpaired) electrons. The fourth-order valence-corrected chi connectivity index (χ4v) is 3.20. The maximum absolute atomic E-state index is 12.2. The first-order chi connectivity index (χ1) is 10.9. The lowest BCUT2D eigenvalue weighted by Gasteiger charge is -2.05. The predicted octanol–water partition coefficient (Wildman–Crippen LogP) is 2.74. The van der Waals surface area contributed by atoms with Gasteiger partial charge in [0.15, 0.2) is 0 Å². The number of carbonyl (C=O) groups excluding carboxylic acids is 1. The Kier molecular flexibility index (Phi) is 3.97.